The van der Waals surface area contributed by atoms with Gasteiger partial charge in [0.2, 0.25) is 0 Å². The molecular formula is C11H13Cl2FN2O. The van der Waals surface area contributed by atoms with Crippen LogP contribution in [0, 0.1) is 5.82 Å². The van der Waals surface area contributed by atoms with E-state index in [1.807, 2.05) is 0 Å². The number of rotatable bonds is 2. The molecule has 1 heterocycles. The number of nitrogens with zero attached hydrogens (tertiary/aromatic N) is 1. The summed E-state index contributed by atoms with van der Waals surface area (Å²) in [7, 11) is 1.73. The van der Waals surface area contributed by atoms with E-state index in [4.69, 9.17) is 11.6 Å². The Labute approximate surface area is 110 Å². The molecule has 3 nitrogen and oxygen atoms in total. The van der Waals surface area contributed by atoms with Gasteiger partial charge in [-0.05, 0) is 18.2 Å². The standard InChI is InChI=1S/C11H12ClFN2O.ClH/c1-15(8-5-14-6-8)11(16)9-3-2-7(13)4-10(9)12;/h2-4,8,14H,5-6H2,1H3;1H. The van der Waals surface area contributed by atoms with Gasteiger partial charge >= 0.3 is 0 Å². The van der Waals surface area contributed by atoms with Gasteiger partial charge in [0.15, 0.2) is 0 Å². The predicted molar refractivity (Wildman–Crippen MR) is 67.4 cm³/mol. The zero-order chi connectivity index (χ0) is 11.7. The molecule has 1 amide bonds. The van der Waals surface area contributed by atoms with E-state index < -0.39 is 5.82 Å². The van der Waals surface area contributed by atoms with E-state index in [9.17, 15) is 9.18 Å². The molecule has 0 spiro atoms. The molecule has 1 aromatic carbocycles. The van der Waals surface area contributed by atoms with E-state index in [2.05, 4.69) is 5.32 Å². The number of nitrogens with one attached hydrogen (secondary N) is 1. The van der Waals surface area contributed by atoms with Crippen LogP contribution in [0.2, 0.25) is 5.02 Å². The molecule has 0 radical (unpaired) electrons. The molecule has 0 aliphatic carbocycles. The van der Waals surface area contributed by atoms with Crippen LogP contribution >= 0.6 is 24.0 Å². The van der Waals surface area contributed by atoms with Gasteiger partial charge in [0.1, 0.15) is 5.82 Å². The average molecular weight is 279 g/mol. The van der Waals surface area contributed by atoms with E-state index in [0.717, 1.165) is 19.2 Å². The summed E-state index contributed by atoms with van der Waals surface area (Å²) in [5.41, 5.74) is 0.345. The van der Waals surface area contributed by atoms with Gasteiger partial charge in [-0.1, -0.05) is 11.6 Å². The van der Waals surface area contributed by atoms with Crippen LogP contribution in [-0.2, 0) is 0 Å². The molecule has 0 aromatic heterocycles. The third kappa shape index (κ3) is 2.89. The van der Waals surface area contributed by atoms with Crippen LogP contribution in [0.15, 0.2) is 18.2 Å². The third-order valence-electron chi connectivity index (χ3n) is 2.79. The Balaban J connectivity index is 0.00000144. The van der Waals surface area contributed by atoms with Gasteiger partial charge in [-0.3, -0.25) is 4.79 Å². The highest BCUT2D eigenvalue weighted by Gasteiger charge is 2.26. The van der Waals surface area contributed by atoms with Crippen molar-refractivity contribution < 1.29 is 9.18 Å². The van der Waals surface area contributed by atoms with E-state index in [1.54, 1.807) is 11.9 Å². The van der Waals surface area contributed by atoms with Crippen molar-refractivity contribution >= 4 is 29.9 Å². The Bertz CT molecular complexity index is 424. The summed E-state index contributed by atoms with van der Waals surface area (Å²) in [6.07, 6.45) is 0. The lowest BCUT2D eigenvalue weighted by molar-refractivity contribution is 0.0681. The second-order valence-electron chi connectivity index (χ2n) is 3.85. The van der Waals surface area contributed by atoms with Crippen LogP contribution in [-0.4, -0.2) is 37.0 Å². The van der Waals surface area contributed by atoms with Gasteiger partial charge in [-0.25, -0.2) is 4.39 Å². The molecule has 1 aliphatic rings. The van der Waals surface area contributed by atoms with Crippen LogP contribution < -0.4 is 5.32 Å². The second kappa shape index (κ2) is 5.67. The van der Waals surface area contributed by atoms with Gasteiger partial charge in [0.25, 0.3) is 5.91 Å². The number of hydrogen-bond donors (Lipinski definition) is 1. The zero-order valence-corrected chi connectivity index (χ0v) is 10.8. The first-order chi connectivity index (χ1) is 7.59. The molecule has 0 unspecified atom stereocenters. The molecule has 1 aliphatic heterocycles. The Morgan fingerprint density at radius 3 is 2.65 bits per heavy atom. The smallest absolute Gasteiger partial charge is 0.255 e. The average Bonchev–Trinajstić information content (AvgIpc) is 2.14. The first-order valence-electron chi connectivity index (χ1n) is 5.02. The van der Waals surface area contributed by atoms with E-state index in [0.29, 0.717) is 5.56 Å². The van der Waals surface area contributed by atoms with Crippen molar-refractivity contribution in [3.63, 3.8) is 0 Å². The van der Waals surface area contributed by atoms with Crippen molar-refractivity contribution in [1.82, 2.24) is 10.2 Å². The number of benzene rings is 1. The molecule has 1 N–H and O–H groups in total. The Hall–Kier alpha value is -0.840. The second-order valence-corrected chi connectivity index (χ2v) is 4.26. The summed E-state index contributed by atoms with van der Waals surface area (Å²) in [6, 6.07) is 4.02. The monoisotopic (exact) mass is 278 g/mol. The lowest BCUT2D eigenvalue weighted by atomic mass is 10.1. The molecule has 6 heteroatoms. The summed E-state index contributed by atoms with van der Waals surface area (Å²) < 4.78 is 12.8. The van der Waals surface area contributed by atoms with Crippen LogP contribution in [0.3, 0.4) is 0 Å². The number of likely N-dealkylation sites (N-methyl/N-ethyl adjacent to an activating group) is 1. The van der Waals surface area contributed by atoms with Gasteiger partial charge in [-0.15, -0.1) is 12.4 Å². The molecule has 2 rings (SSSR count). The first kappa shape index (κ1) is 14.2. The van der Waals surface area contributed by atoms with Crippen molar-refractivity contribution in [1.29, 1.82) is 0 Å². The number of carbonyl (C=O) groups is 1. The van der Waals surface area contributed by atoms with Crippen molar-refractivity contribution in [2.24, 2.45) is 0 Å². The van der Waals surface area contributed by atoms with Gasteiger partial charge in [0.05, 0.1) is 16.6 Å². The minimum absolute atomic E-state index is 0. The fourth-order valence-corrected chi connectivity index (χ4v) is 1.81. The van der Waals surface area contributed by atoms with Crippen molar-refractivity contribution in [2.75, 3.05) is 20.1 Å². The Morgan fingerprint density at radius 2 is 2.18 bits per heavy atom. The molecule has 94 valence electrons. The molecule has 0 atom stereocenters. The highest BCUT2D eigenvalue weighted by Crippen LogP contribution is 2.20. The third-order valence-corrected chi connectivity index (χ3v) is 3.10. The molecule has 1 fully saturated rings. The maximum absolute atomic E-state index is 12.8. The van der Waals surface area contributed by atoms with Crippen LogP contribution in [0.25, 0.3) is 0 Å². The van der Waals surface area contributed by atoms with E-state index >= 15 is 0 Å². The number of halogens is 3. The Kier molecular flexibility index (Phi) is 4.74. The molecule has 1 saturated heterocycles. The lowest BCUT2D eigenvalue weighted by Gasteiger charge is -2.35. The van der Waals surface area contributed by atoms with Crippen molar-refractivity contribution in [2.45, 2.75) is 6.04 Å². The highest BCUT2D eigenvalue weighted by molar-refractivity contribution is 6.33. The normalized spacial score (nSPS) is 14.8. The highest BCUT2D eigenvalue weighted by atomic mass is 35.5. The Morgan fingerprint density at radius 1 is 1.53 bits per heavy atom. The fourth-order valence-electron chi connectivity index (χ4n) is 1.57. The summed E-state index contributed by atoms with van der Waals surface area (Å²) in [5.74, 6) is -0.606. The van der Waals surface area contributed by atoms with Crippen LogP contribution in [0.5, 0.6) is 0 Å². The topological polar surface area (TPSA) is 32.3 Å². The minimum atomic E-state index is -0.436. The summed E-state index contributed by atoms with van der Waals surface area (Å²) in [5, 5.41) is 3.24. The van der Waals surface area contributed by atoms with Crippen LogP contribution in [0.1, 0.15) is 10.4 Å². The molecule has 17 heavy (non-hydrogen) atoms. The maximum Gasteiger partial charge on any atom is 0.255 e. The number of hydrogen-bond acceptors (Lipinski definition) is 2. The van der Waals surface area contributed by atoms with Gasteiger partial charge in [0, 0.05) is 20.1 Å². The zero-order valence-electron chi connectivity index (χ0n) is 9.24. The fraction of sp³-hybridized carbons (Fsp3) is 0.364. The number of carbonyl (C=O) groups excluding carboxylic acids is 1. The molecule has 0 bridgehead atoms. The molecule has 0 saturated carbocycles. The maximum atomic E-state index is 12.8. The SMILES string of the molecule is CN(C(=O)c1ccc(F)cc1Cl)C1CNC1.Cl. The predicted octanol–water partition coefficient (Wildman–Crippen LogP) is 1.94. The molecule has 1 aromatic rings. The molecular weight excluding hydrogens is 266 g/mol. The number of amides is 1. The van der Waals surface area contributed by atoms with E-state index in [-0.39, 0.29) is 29.4 Å². The van der Waals surface area contributed by atoms with Crippen molar-refractivity contribution in [3.8, 4) is 0 Å². The largest absolute Gasteiger partial charge is 0.336 e. The summed E-state index contributed by atoms with van der Waals surface area (Å²) in [4.78, 5) is 13.6. The van der Waals surface area contributed by atoms with Crippen LogP contribution in [0.4, 0.5) is 4.39 Å². The van der Waals surface area contributed by atoms with Gasteiger partial charge in [-0.2, -0.15) is 0 Å². The van der Waals surface area contributed by atoms with Crippen molar-refractivity contribution in [3.05, 3.63) is 34.6 Å². The first-order valence-corrected chi connectivity index (χ1v) is 5.40. The van der Waals surface area contributed by atoms with Gasteiger partial charge < -0.3 is 10.2 Å². The quantitative estimate of drug-likeness (QED) is 0.897. The lowest BCUT2D eigenvalue weighted by Crippen LogP contribution is -2.57. The summed E-state index contributed by atoms with van der Waals surface area (Å²) in [6.45, 7) is 1.59. The minimum Gasteiger partial charge on any atom is -0.336 e. The van der Waals surface area contributed by atoms with E-state index in [1.165, 1.54) is 12.1 Å². The summed E-state index contributed by atoms with van der Waals surface area (Å²) >= 11 is 5.83.